The molecule has 0 spiro atoms. The smallest absolute Gasteiger partial charge is 0.0417 e. The van der Waals surface area contributed by atoms with Gasteiger partial charge in [-0.2, -0.15) is 13.5 Å². The summed E-state index contributed by atoms with van der Waals surface area (Å²) in [5.74, 6) is 0. The van der Waals surface area contributed by atoms with Crippen LogP contribution in [0, 0.1) is 0 Å². The molecule has 0 radical (unpaired) electrons. The van der Waals surface area contributed by atoms with Crippen LogP contribution >= 0.6 is 41.0 Å². The Morgan fingerprint density at radius 1 is 1.33 bits per heavy atom. The molecule has 0 aliphatic heterocycles. The Bertz CT molecular complexity index is 173. The van der Waals surface area contributed by atoms with Crippen molar-refractivity contribution in [3.63, 3.8) is 0 Å². The monoisotopic (exact) mass is 224 g/mol. The van der Waals surface area contributed by atoms with Crippen LogP contribution in [0.4, 0.5) is 0 Å². The van der Waals surface area contributed by atoms with Gasteiger partial charge < -0.3 is 0 Å². The van der Waals surface area contributed by atoms with Crippen molar-refractivity contribution in [1.29, 1.82) is 0 Å². The van der Waals surface area contributed by atoms with Crippen molar-refractivity contribution >= 4 is 41.0 Å². The third kappa shape index (κ3) is 3.14. The minimum Gasteiger partial charge on any atom is -0.197 e. The van der Waals surface area contributed by atoms with Crippen LogP contribution in [0.5, 0.6) is 0 Å². The number of benzene rings is 1. The molecule has 0 fully saturated rings. The number of halogens is 2. The van der Waals surface area contributed by atoms with Gasteiger partial charge in [-0.1, -0.05) is 33.6 Å². The molecular weight excluding hydrogens is 219 g/mol. The molecule has 9 heavy (non-hydrogen) atoms. The largest absolute Gasteiger partial charge is 0.197 e. The zero-order valence-electron chi connectivity index (χ0n) is 4.57. The molecule has 0 aliphatic rings. The Balaban J connectivity index is 0.000000640. The average Bonchev–Trinajstić information content (AvgIpc) is 1.64. The van der Waals surface area contributed by atoms with Crippen LogP contribution in [0.1, 0.15) is 0 Å². The van der Waals surface area contributed by atoms with Gasteiger partial charge in [0.05, 0.1) is 0 Å². The summed E-state index contributed by atoms with van der Waals surface area (Å²) in [5.41, 5.74) is 0. The number of hydrogen-bond acceptors (Lipinski definition) is 0. The van der Waals surface area contributed by atoms with E-state index in [1.807, 2.05) is 24.3 Å². The van der Waals surface area contributed by atoms with Gasteiger partial charge >= 0.3 is 0 Å². The molecule has 0 N–H and O–H groups in total. The summed E-state index contributed by atoms with van der Waals surface area (Å²) in [6.07, 6.45) is 0. The van der Waals surface area contributed by atoms with Crippen LogP contribution in [-0.2, 0) is 0 Å². The van der Waals surface area contributed by atoms with Gasteiger partial charge in [0.2, 0.25) is 0 Å². The van der Waals surface area contributed by atoms with Crippen LogP contribution in [0.2, 0.25) is 5.02 Å². The second kappa shape index (κ2) is 4.20. The third-order valence-electron chi connectivity index (χ3n) is 0.787. The van der Waals surface area contributed by atoms with Crippen LogP contribution in [0.15, 0.2) is 28.7 Å². The molecule has 0 aromatic heterocycles. The fourth-order valence-electron chi connectivity index (χ4n) is 0.460. The maximum atomic E-state index is 5.61. The molecule has 0 bridgehead atoms. The lowest BCUT2D eigenvalue weighted by molar-refractivity contribution is 1.65. The highest BCUT2D eigenvalue weighted by atomic mass is 79.9. The quantitative estimate of drug-likeness (QED) is 0.636. The van der Waals surface area contributed by atoms with Crippen molar-refractivity contribution in [2.24, 2.45) is 0 Å². The lowest BCUT2D eigenvalue weighted by Gasteiger charge is -1.87. The normalized spacial score (nSPS) is 8.22. The first-order valence-electron chi connectivity index (χ1n) is 2.20. The first-order chi connectivity index (χ1) is 3.79. The summed E-state index contributed by atoms with van der Waals surface area (Å²) in [6, 6.07) is 7.52. The van der Waals surface area contributed by atoms with Gasteiger partial charge in [0.1, 0.15) is 0 Å². The Morgan fingerprint density at radius 3 is 2.33 bits per heavy atom. The molecule has 0 heterocycles. The molecule has 0 amide bonds. The van der Waals surface area contributed by atoms with Crippen LogP contribution in [-0.4, -0.2) is 0 Å². The minimum absolute atomic E-state index is 0. The Hall–Kier alpha value is 0.340. The topological polar surface area (TPSA) is 0 Å². The average molecular weight is 226 g/mol. The van der Waals surface area contributed by atoms with Crippen molar-refractivity contribution < 1.29 is 0 Å². The zero-order valence-corrected chi connectivity index (χ0v) is 7.91. The summed E-state index contributed by atoms with van der Waals surface area (Å²) in [6.45, 7) is 0. The van der Waals surface area contributed by atoms with Crippen molar-refractivity contribution in [1.82, 2.24) is 0 Å². The van der Waals surface area contributed by atoms with Gasteiger partial charge in [0, 0.05) is 9.50 Å². The predicted molar refractivity (Wildman–Crippen MR) is 49.5 cm³/mol. The van der Waals surface area contributed by atoms with Gasteiger partial charge in [-0.15, -0.1) is 0 Å². The summed E-state index contributed by atoms with van der Waals surface area (Å²) >= 11 is 8.89. The molecule has 0 atom stereocenters. The summed E-state index contributed by atoms with van der Waals surface area (Å²) in [7, 11) is 0. The molecule has 1 rings (SSSR count). The summed E-state index contributed by atoms with van der Waals surface area (Å²) in [4.78, 5) is 0. The van der Waals surface area contributed by atoms with Crippen LogP contribution < -0.4 is 0 Å². The molecule has 1 aromatic rings. The van der Waals surface area contributed by atoms with E-state index in [1.165, 1.54) is 0 Å². The fraction of sp³-hybridized carbons (Fsp3) is 0. The lowest BCUT2D eigenvalue weighted by atomic mass is 10.4. The van der Waals surface area contributed by atoms with Gasteiger partial charge in [-0.25, -0.2) is 0 Å². The minimum atomic E-state index is 0. The Kier molecular flexibility index (Phi) is 4.36. The van der Waals surface area contributed by atoms with E-state index in [0.717, 1.165) is 9.50 Å². The highest BCUT2D eigenvalue weighted by Gasteiger charge is 1.84. The molecule has 0 saturated heterocycles. The standard InChI is InChI=1S/C6H4BrCl.H2S/c7-5-2-1-3-6(8)4-5;/h1-4H;1H2. The number of rotatable bonds is 0. The zero-order chi connectivity index (χ0) is 5.98. The highest BCUT2D eigenvalue weighted by Crippen LogP contribution is 2.14. The van der Waals surface area contributed by atoms with Gasteiger partial charge in [-0.05, 0) is 18.2 Å². The van der Waals surface area contributed by atoms with Gasteiger partial charge in [-0.3, -0.25) is 0 Å². The molecule has 0 unspecified atom stereocenters. The maximum Gasteiger partial charge on any atom is 0.0417 e. The van der Waals surface area contributed by atoms with E-state index in [1.54, 1.807) is 0 Å². The van der Waals surface area contributed by atoms with E-state index < -0.39 is 0 Å². The highest BCUT2D eigenvalue weighted by molar-refractivity contribution is 9.10. The predicted octanol–water partition coefficient (Wildman–Crippen LogP) is 3.22. The van der Waals surface area contributed by atoms with Crippen LogP contribution in [0.3, 0.4) is 0 Å². The summed E-state index contributed by atoms with van der Waals surface area (Å²) < 4.78 is 1.02. The Morgan fingerprint density at radius 2 is 2.00 bits per heavy atom. The SMILES string of the molecule is Clc1cccc(Br)c1.S. The fourth-order valence-corrected chi connectivity index (χ4v) is 1.18. The third-order valence-corrected chi connectivity index (χ3v) is 1.52. The second-order valence-electron chi connectivity index (χ2n) is 1.44. The number of hydrogen-bond donors (Lipinski definition) is 0. The van der Waals surface area contributed by atoms with Crippen molar-refractivity contribution in [3.8, 4) is 0 Å². The van der Waals surface area contributed by atoms with Gasteiger partial charge in [0.15, 0.2) is 0 Å². The van der Waals surface area contributed by atoms with E-state index in [2.05, 4.69) is 15.9 Å². The molecular formula is C6H6BrClS. The van der Waals surface area contributed by atoms with Crippen molar-refractivity contribution in [2.75, 3.05) is 0 Å². The molecule has 1 aromatic carbocycles. The van der Waals surface area contributed by atoms with E-state index in [-0.39, 0.29) is 13.5 Å². The Labute approximate surface area is 74.8 Å². The van der Waals surface area contributed by atoms with E-state index in [9.17, 15) is 0 Å². The summed E-state index contributed by atoms with van der Waals surface area (Å²) in [5, 5.41) is 0.763. The van der Waals surface area contributed by atoms with Crippen LogP contribution in [0.25, 0.3) is 0 Å². The maximum absolute atomic E-state index is 5.61. The van der Waals surface area contributed by atoms with Crippen molar-refractivity contribution in [2.45, 2.75) is 0 Å². The first kappa shape index (κ1) is 9.34. The van der Waals surface area contributed by atoms with Crippen molar-refractivity contribution in [3.05, 3.63) is 33.8 Å². The molecule has 0 saturated carbocycles. The molecule has 50 valence electrons. The lowest BCUT2D eigenvalue weighted by Crippen LogP contribution is -1.61. The van der Waals surface area contributed by atoms with E-state index in [4.69, 9.17) is 11.6 Å². The van der Waals surface area contributed by atoms with Gasteiger partial charge in [0.25, 0.3) is 0 Å². The molecule has 0 aliphatic carbocycles. The van der Waals surface area contributed by atoms with E-state index in [0.29, 0.717) is 0 Å². The molecule has 3 heteroatoms. The second-order valence-corrected chi connectivity index (χ2v) is 2.79. The first-order valence-corrected chi connectivity index (χ1v) is 3.37. The molecule has 0 nitrogen and oxygen atoms in total. The van der Waals surface area contributed by atoms with E-state index >= 15 is 0 Å².